The molecule has 7 heteroatoms. The minimum Gasteiger partial charge on any atom is -0.492 e. The first-order valence-corrected chi connectivity index (χ1v) is 13.2. The van der Waals surface area contributed by atoms with Crippen LogP contribution in [0.1, 0.15) is 0 Å². The molecule has 0 heterocycles. The molecule has 0 amide bonds. The van der Waals surface area contributed by atoms with Crippen LogP contribution >= 0.6 is 67.8 Å². The van der Waals surface area contributed by atoms with Crippen LogP contribution in [0.5, 0.6) is 17.2 Å². The first-order chi connectivity index (χ1) is 15.1. The van der Waals surface area contributed by atoms with Crippen LogP contribution < -0.4 is 14.2 Å². The molecular formula is C24H24I3NO3. The average molecular weight is 755 g/mol. The van der Waals surface area contributed by atoms with Gasteiger partial charge in [-0.2, -0.15) is 0 Å². The highest BCUT2D eigenvalue weighted by Crippen LogP contribution is 2.15. The quantitative estimate of drug-likeness (QED) is 0.202. The average Bonchev–Trinajstić information content (AvgIpc) is 2.77. The molecule has 0 aliphatic heterocycles. The van der Waals surface area contributed by atoms with Gasteiger partial charge in [-0.1, -0.05) is 0 Å². The van der Waals surface area contributed by atoms with E-state index in [1.165, 1.54) is 10.7 Å². The molecular weight excluding hydrogens is 731 g/mol. The van der Waals surface area contributed by atoms with E-state index in [1.807, 2.05) is 36.4 Å². The Kier molecular flexibility index (Phi) is 11.0. The van der Waals surface area contributed by atoms with Crippen molar-refractivity contribution in [3.63, 3.8) is 0 Å². The molecule has 0 atom stereocenters. The summed E-state index contributed by atoms with van der Waals surface area (Å²) in [6.07, 6.45) is 0. The van der Waals surface area contributed by atoms with Crippen molar-refractivity contribution >= 4 is 67.8 Å². The monoisotopic (exact) mass is 755 g/mol. The molecule has 0 saturated heterocycles. The van der Waals surface area contributed by atoms with Crippen LogP contribution in [0.4, 0.5) is 0 Å². The predicted molar refractivity (Wildman–Crippen MR) is 150 cm³/mol. The number of nitrogens with zero attached hydrogens (tertiary/aromatic N) is 1. The number of ether oxygens (including phenoxy) is 3. The Labute approximate surface area is 225 Å². The largest absolute Gasteiger partial charge is 0.492 e. The normalized spacial score (nSPS) is 10.8. The summed E-state index contributed by atoms with van der Waals surface area (Å²) in [7, 11) is 0. The van der Waals surface area contributed by atoms with Crippen molar-refractivity contribution < 1.29 is 14.2 Å². The Morgan fingerprint density at radius 1 is 0.452 bits per heavy atom. The van der Waals surface area contributed by atoms with E-state index in [0.717, 1.165) is 36.9 Å². The fourth-order valence-corrected chi connectivity index (χ4v) is 3.88. The van der Waals surface area contributed by atoms with E-state index in [0.29, 0.717) is 19.8 Å². The van der Waals surface area contributed by atoms with Gasteiger partial charge in [-0.15, -0.1) is 0 Å². The van der Waals surface area contributed by atoms with Gasteiger partial charge in [-0.05, 0) is 141 Å². The van der Waals surface area contributed by atoms with Crippen LogP contribution in [0.3, 0.4) is 0 Å². The van der Waals surface area contributed by atoms with E-state index in [2.05, 4.69) is 109 Å². The van der Waals surface area contributed by atoms with Crippen molar-refractivity contribution in [1.29, 1.82) is 0 Å². The Balaban J connectivity index is 1.47. The van der Waals surface area contributed by atoms with Crippen LogP contribution in [0.15, 0.2) is 72.8 Å². The zero-order valence-electron chi connectivity index (χ0n) is 17.0. The summed E-state index contributed by atoms with van der Waals surface area (Å²) in [5.41, 5.74) is 0. The third kappa shape index (κ3) is 9.70. The Hall–Kier alpha value is -0.790. The lowest BCUT2D eigenvalue weighted by Gasteiger charge is -2.22. The molecule has 31 heavy (non-hydrogen) atoms. The summed E-state index contributed by atoms with van der Waals surface area (Å²) in [4.78, 5) is 2.31. The highest BCUT2D eigenvalue weighted by atomic mass is 127. The van der Waals surface area contributed by atoms with E-state index in [9.17, 15) is 0 Å². The lowest BCUT2D eigenvalue weighted by molar-refractivity contribution is 0.153. The molecule has 0 aromatic heterocycles. The SMILES string of the molecule is Ic1ccc(OCCN(CCOc2ccc(I)cc2)CCOc2ccc(I)cc2)cc1. The fourth-order valence-electron chi connectivity index (χ4n) is 2.81. The van der Waals surface area contributed by atoms with Crippen LogP contribution in [-0.4, -0.2) is 44.4 Å². The lowest BCUT2D eigenvalue weighted by Crippen LogP contribution is -2.35. The number of benzene rings is 3. The maximum Gasteiger partial charge on any atom is 0.119 e. The highest BCUT2D eigenvalue weighted by molar-refractivity contribution is 14.1. The standard InChI is InChI=1S/C24H24I3NO3/c25-19-1-7-22(8-2-19)29-16-13-28(14-17-30-23-9-3-20(26)4-10-23)15-18-31-24-11-5-21(27)6-12-24/h1-12H,13-18H2. The third-order valence-electron chi connectivity index (χ3n) is 4.47. The molecule has 0 spiro atoms. The van der Waals surface area contributed by atoms with Gasteiger partial charge in [0.15, 0.2) is 0 Å². The number of rotatable bonds is 12. The van der Waals surface area contributed by atoms with Crippen molar-refractivity contribution in [3.8, 4) is 17.2 Å². The molecule has 3 aromatic rings. The maximum absolute atomic E-state index is 5.92. The zero-order chi connectivity index (χ0) is 21.9. The summed E-state index contributed by atoms with van der Waals surface area (Å²) < 4.78 is 21.4. The van der Waals surface area contributed by atoms with Crippen molar-refractivity contribution in [1.82, 2.24) is 4.90 Å². The second-order valence-electron chi connectivity index (χ2n) is 6.75. The molecule has 3 rings (SSSR count). The first-order valence-electron chi connectivity index (χ1n) is 9.96. The van der Waals surface area contributed by atoms with Gasteiger partial charge in [0.2, 0.25) is 0 Å². The van der Waals surface area contributed by atoms with E-state index < -0.39 is 0 Å². The zero-order valence-corrected chi connectivity index (χ0v) is 23.4. The fraction of sp³-hybridized carbons (Fsp3) is 0.250. The maximum atomic E-state index is 5.92. The van der Waals surface area contributed by atoms with Gasteiger partial charge in [0.25, 0.3) is 0 Å². The van der Waals surface area contributed by atoms with Gasteiger partial charge in [-0.25, -0.2) is 0 Å². The molecule has 164 valence electrons. The van der Waals surface area contributed by atoms with Crippen molar-refractivity contribution in [2.75, 3.05) is 39.5 Å². The molecule has 0 aliphatic rings. The molecule has 0 unspecified atom stereocenters. The van der Waals surface area contributed by atoms with Crippen LogP contribution in [0, 0.1) is 10.7 Å². The third-order valence-corrected chi connectivity index (χ3v) is 6.63. The summed E-state index contributed by atoms with van der Waals surface area (Å²) in [5.74, 6) is 2.68. The van der Waals surface area contributed by atoms with E-state index >= 15 is 0 Å². The van der Waals surface area contributed by atoms with Gasteiger partial charge in [0.1, 0.15) is 37.1 Å². The topological polar surface area (TPSA) is 30.9 Å². The summed E-state index contributed by atoms with van der Waals surface area (Å²) in [5, 5.41) is 0. The van der Waals surface area contributed by atoms with Crippen molar-refractivity contribution in [2.24, 2.45) is 0 Å². The van der Waals surface area contributed by atoms with Gasteiger partial charge in [0, 0.05) is 30.3 Å². The summed E-state index contributed by atoms with van der Waals surface area (Å²) >= 11 is 6.89. The van der Waals surface area contributed by atoms with Gasteiger partial charge in [-0.3, -0.25) is 4.90 Å². The van der Waals surface area contributed by atoms with Crippen LogP contribution in [0.25, 0.3) is 0 Å². The molecule has 0 fully saturated rings. The molecule has 0 radical (unpaired) electrons. The van der Waals surface area contributed by atoms with Crippen molar-refractivity contribution in [3.05, 3.63) is 83.5 Å². The van der Waals surface area contributed by atoms with E-state index in [-0.39, 0.29) is 0 Å². The minimum atomic E-state index is 0.619. The molecule has 0 saturated carbocycles. The molecule has 0 N–H and O–H groups in total. The van der Waals surface area contributed by atoms with E-state index in [1.54, 1.807) is 0 Å². The van der Waals surface area contributed by atoms with Crippen molar-refractivity contribution in [2.45, 2.75) is 0 Å². The Morgan fingerprint density at radius 2 is 0.710 bits per heavy atom. The second-order valence-corrected chi connectivity index (χ2v) is 10.5. The Bertz CT molecular complexity index is 780. The van der Waals surface area contributed by atoms with E-state index in [4.69, 9.17) is 14.2 Å². The van der Waals surface area contributed by atoms with Crippen LogP contribution in [-0.2, 0) is 0 Å². The van der Waals surface area contributed by atoms with Gasteiger partial charge < -0.3 is 14.2 Å². The van der Waals surface area contributed by atoms with Crippen LogP contribution in [0.2, 0.25) is 0 Å². The van der Waals surface area contributed by atoms with Gasteiger partial charge in [0.05, 0.1) is 0 Å². The molecule has 0 bridgehead atoms. The molecule has 4 nitrogen and oxygen atoms in total. The smallest absolute Gasteiger partial charge is 0.119 e. The highest BCUT2D eigenvalue weighted by Gasteiger charge is 2.07. The summed E-state index contributed by atoms with van der Waals surface area (Å²) in [6.45, 7) is 4.27. The number of hydrogen-bond donors (Lipinski definition) is 0. The van der Waals surface area contributed by atoms with Gasteiger partial charge >= 0.3 is 0 Å². The second kappa shape index (κ2) is 13.7. The molecule has 3 aromatic carbocycles. The molecule has 0 aliphatic carbocycles. The summed E-state index contributed by atoms with van der Waals surface area (Å²) in [6, 6.07) is 24.4. The number of hydrogen-bond acceptors (Lipinski definition) is 4. The Morgan fingerprint density at radius 3 is 0.968 bits per heavy atom. The number of halogens is 3. The lowest BCUT2D eigenvalue weighted by atomic mass is 10.3. The predicted octanol–water partition coefficient (Wildman–Crippen LogP) is 6.34. The first kappa shape index (κ1) is 24.8. The minimum absolute atomic E-state index is 0.619.